The third-order valence-corrected chi connectivity index (χ3v) is 10.2. The quantitative estimate of drug-likeness (QED) is 0.0456. The normalized spacial score (nSPS) is 10.5. The minimum atomic E-state index is -0.929. The molecule has 20 nitrogen and oxygen atoms in total. The Hall–Kier alpha value is -9.34. The van der Waals surface area contributed by atoms with Crippen molar-refractivity contribution in [2.75, 3.05) is 51.2 Å². The number of hydrogen-bond acceptors (Lipinski definition) is 16. The molecule has 7 rings (SSSR count). The number of halogens is 2. The average Bonchev–Trinajstić information content (AvgIpc) is 3.39. The van der Waals surface area contributed by atoms with E-state index in [1.807, 2.05) is 30.3 Å². The van der Waals surface area contributed by atoms with E-state index in [4.69, 9.17) is 18.9 Å². The molecule has 0 aliphatic rings. The smallest absolute Gasteiger partial charge is 0.360 e. The summed E-state index contributed by atoms with van der Waals surface area (Å²) in [6.45, 7) is 2.99. The Bertz CT molecular complexity index is 3130. The number of amides is 4. The minimum absolute atomic E-state index is 0.00252. The van der Waals surface area contributed by atoms with Crippen LogP contribution in [-0.2, 0) is 48.0 Å². The third-order valence-electron chi connectivity index (χ3n) is 10.2. The molecule has 0 spiro atoms. The molecular formula is C51H48F2N8O12. The molecule has 0 saturated heterocycles. The summed E-state index contributed by atoms with van der Waals surface area (Å²) >= 11 is 0. The highest BCUT2D eigenvalue weighted by Crippen LogP contribution is 2.35. The van der Waals surface area contributed by atoms with Crippen LogP contribution >= 0.6 is 0 Å². The number of benzene rings is 3. The highest BCUT2D eigenvalue weighted by Gasteiger charge is 2.25. The summed E-state index contributed by atoms with van der Waals surface area (Å²) in [6.07, 6.45) is 3.89. The summed E-state index contributed by atoms with van der Waals surface area (Å²) in [4.78, 5) is 90.1. The van der Waals surface area contributed by atoms with Crippen LogP contribution in [0.15, 0.2) is 103 Å². The van der Waals surface area contributed by atoms with Gasteiger partial charge in [-0.05, 0) is 90.9 Å². The summed E-state index contributed by atoms with van der Waals surface area (Å²) in [7, 11) is 2.32. The number of fused-ring (bicyclic) bond motifs is 2. The molecule has 0 aliphatic carbocycles. The Kier molecular flexibility index (Phi) is 18.5. The lowest BCUT2D eigenvalue weighted by Gasteiger charge is -2.16. The highest BCUT2D eigenvalue weighted by atomic mass is 19.1. The second-order valence-corrected chi connectivity index (χ2v) is 15.4. The van der Waals surface area contributed by atoms with E-state index in [2.05, 4.69) is 45.9 Å². The summed E-state index contributed by atoms with van der Waals surface area (Å²) in [5.74, 6) is -4.19. The van der Waals surface area contributed by atoms with E-state index in [-0.39, 0.29) is 84.0 Å². The molecule has 4 heterocycles. The lowest BCUT2D eigenvalue weighted by molar-refractivity contribution is -0.142. The number of carbonyl (C=O) groups excluding carboxylic acids is 6. The molecule has 7 aromatic rings. The first kappa shape index (κ1) is 53.0. The van der Waals surface area contributed by atoms with Crippen molar-refractivity contribution in [3.05, 3.63) is 154 Å². The number of methoxy groups -OCH3 is 2. The molecule has 0 atom stereocenters. The predicted molar refractivity (Wildman–Crippen MR) is 260 cm³/mol. The zero-order valence-corrected chi connectivity index (χ0v) is 39.7. The summed E-state index contributed by atoms with van der Waals surface area (Å²) in [5.41, 5.74) is 3.54. The van der Waals surface area contributed by atoms with Gasteiger partial charge in [-0.2, -0.15) is 0 Å². The first-order chi connectivity index (χ1) is 35.2. The maximum Gasteiger partial charge on any atom is 0.360 e. The van der Waals surface area contributed by atoms with Gasteiger partial charge in [0.1, 0.15) is 54.0 Å². The summed E-state index contributed by atoms with van der Waals surface area (Å²) in [5, 5.41) is 20.9. The fourth-order valence-corrected chi connectivity index (χ4v) is 6.85. The zero-order chi connectivity index (χ0) is 52.4. The number of ether oxygens (including phenoxy) is 5. The van der Waals surface area contributed by atoms with E-state index >= 15 is 0 Å². The number of anilines is 2. The lowest BCUT2D eigenvalue weighted by atomic mass is 10.0. The van der Waals surface area contributed by atoms with E-state index in [0.29, 0.717) is 23.8 Å². The van der Waals surface area contributed by atoms with Gasteiger partial charge in [-0.3, -0.25) is 30.2 Å². The molecular weight excluding hydrogens is 955 g/mol. The van der Waals surface area contributed by atoms with Crippen molar-refractivity contribution in [2.24, 2.45) is 0 Å². The second kappa shape index (κ2) is 25.5. The number of esters is 4. The lowest BCUT2D eigenvalue weighted by Crippen LogP contribution is -2.34. The van der Waals surface area contributed by atoms with E-state index in [9.17, 15) is 42.7 Å². The number of aromatic hydroxyl groups is 1. The number of rotatable bonds is 17. The Balaban J connectivity index is 0.000000243. The fraction of sp³-hybridized carbons (Fsp3) is 0.216. The van der Waals surface area contributed by atoms with Crippen LogP contribution < -0.4 is 26.0 Å². The number of nitrogens with zero attached hydrogens (tertiary/aromatic N) is 4. The highest BCUT2D eigenvalue weighted by molar-refractivity contribution is 6.07. The molecule has 4 amide bonds. The summed E-state index contributed by atoms with van der Waals surface area (Å²) in [6, 6.07) is 23.1. The number of aromatic nitrogens is 4. The van der Waals surface area contributed by atoms with Gasteiger partial charge in [0.25, 0.3) is 0 Å². The van der Waals surface area contributed by atoms with Gasteiger partial charge in [0.05, 0.1) is 27.4 Å². The first-order valence-electron chi connectivity index (χ1n) is 22.3. The Labute approximate surface area is 415 Å². The van der Waals surface area contributed by atoms with Crippen molar-refractivity contribution < 1.29 is 66.3 Å². The predicted octanol–water partition coefficient (Wildman–Crippen LogP) is 6.95. The maximum atomic E-state index is 13.4. The zero-order valence-electron chi connectivity index (χ0n) is 39.7. The van der Waals surface area contributed by atoms with Crippen LogP contribution in [0.1, 0.15) is 62.6 Å². The molecule has 0 radical (unpaired) electrons. The molecule has 5 N–H and O–H groups in total. The van der Waals surface area contributed by atoms with Gasteiger partial charge in [-0.1, -0.05) is 54.6 Å². The van der Waals surface area contributed by atoms with Crippen molar-refractivity contribution >= 4 is 69.4 Å². The molecule has 0 fully saturated rings. The molecule has 0 bridgehead atoms. The van der Waals surface area contributed by atoms with Crippen LogP contribution in [0.3, 0.4) is 0 Å². The molecule has 0 unspecified atom stereocenters. The van der Waals surface area contributed by atoms with Crippen molar-refractivity contribution in [3.8, 4) is 11.5 Å². The monoisotopic (exact) mass is 1000 g/mol. The van der Waals surface area contributed by atoms with Gasteiger partial charge in [-0.25, -0.2) is 37.9 Å². The minimum Gasteiger partial charge on any atom is -0.504 e. The first-order valence-corrected chi connectivity index (χ1v) is 22.3. The van der Waals surface area contributed by atoms with Crippen molar-refractivity contribution in [1.29, 1.82) is 0 Å². The molecule has 0 aliphatic heterocycles. The van der Waals surface area contributed by atoms with Gasteiger partial charge < -0.3 is 39.4 Å². The van der Waals surface area contributed by atoms with Crippen LogP contribution in [0, 0.1) is 11.6 Å². The van der Waals surface area contributed by atoms with Gasteiger partial charge in [-0.15, -0.1) is 0 Å². The average molecular weight is 1000 g/mol. The molecule has 22 heteroatoms. The van der Waals surface area contributed by atoms with E-state index in [1.165, 1.54) is 37.6 Å². The van der Waals surface area contributed by atoms with Gasteiger partial charge in [0.15, 0.2) is 22.9 Å². The van der Waals surface area contributed by atoms with Crippen LogP contribution in [0.5, 0.6) is 11.5 Å². The van der Waals surface area contributed by atoms with Crippen LogP contribution in [0.2, 0.25) is 0 Å². The Morgan fingerprint density at radius 1 is 0.575 bits per heavy atom. The molecule has 3 aromatic carbocycles. The van der Waals surface area contributed by atoms with E-state index < -0.39 is 47.4 Å². The Morgan fingerprint density at radius 2 is 1.03 bits per heavy atom. The number of carbonyl (C=O) groups is 6. The van der Waals surface area contributed by atoms with Gasteiger partial charge in [0, 0.05) is 23.2 Å². The second-order valence-electron chi connectivity index (χ2n) is 15.4. The van der Waals surface area contributed by atoms with Crippen LogP contribution in [0.25, 0.3) is 21.8 Å². The molecule has 0 saturated carbocycles. The van der Waals surface area contributed by atoms with Crippen LogP contribution in [0.4, 0.5) is 30.0 Å². The number of pyridine rings is 4. The number of hydrogen-bond donors (Lipinski definition) is 5. The number of nitrogens with one attached hydrogen (secondary N) is 4. The summed E-state index contributed by atoms with van der Waals surface area (Å²) < 4.78 is 51.7. The Morgan fingerprint density at radius 3 is 1.51 bits per heavy atom. The topological polar surface area (TPSA) is 268 Å². The van der Waals surface area contributed by atoms with E-state index in [0.717, 1.165) is 29.4 Å². The third kappa shape index (κ3) is 14.6. The fourth-order valence-electron chi connectivity index (χ4n) is 6.85. The van der Waals surface area contributed by atoms with Crippen molar-refractivity contribution in [2.45, 2.75) is 33.3 Å². The van der Waals surface area contributed by atoms with E-state index in [1.54, 1.807) is 56.4 Å². The largest absolute Gasteiger partial charge is 0.504 e. The maximum absolute atomic E-state index is 13.4. The SMILES string of the molecule is CCOC(=O)CNC(=O)Nc1nc(C(=O)OC)c(O)c2ncc(Cc3ccc(F)cc3)cc12.CCOC(=O)CNC(=O)Nc1nc(C(=O)OC)c(OCc2ccccc2)c2ncc(Cc3ccc(F)cc3)cc12. The van der Waals surface area contributed by atoms with Gasteiger partial charge in [0.2, 0.25) is 0 Å². The number of urea groups is 2. The van der Waals surface area contributed by atoms with Gasteiger partial charge >= 0.3 is 35.9 Å². The molecule has 73 heavy (non-hydrogen) atoms. The van der Waals surface area contributed by atoms with Crippen molar-refractivity contribution in [3.63, 3.8) is 0 Å². The molecule has 4 aromatic heterocycles. The standard InChI is InChI=1S/C29H27FN4O6.C22H21FN4O6/c1-3-39-23(35)16-32-29(37)34-27-22-14-20(13-18-9-11-21(30)12-10-18)15-31-24(22)26(25(33-27)28(36)38-2)40-17-19-7-5-4-6-8-19;1-3-33-16(28)11-25-22(31)27-20-15-9-13(8-12-4-6-14(23)7-5-12)10-24-17(15)19(29)18(26-20)21(30)32-2/h4-12,14-15H,3,13,16-17H2,1-2H3,(H2,32,33,34,37);4-7,9-10,29H,3,8,11H2,1-2H3,(H2,25,26,27,31). The van der Waals surface area contributed by atoms with Crippen molar-refractivity contribution in [1.82, 2.24) is 30.6 Å². The van der Waals surface area contributed by atoms with Crippen LogP contribution in [-0.4, -0.2) is 102 Å². The molecule has 378 valence electrons.